The Kier molecular flexibility index (Phi) is 3.22. The lowest BCUT2D eigenvalue weighted by Gasteiger charge is -2.60. The molecule has 7 nitrogen and oxygen atoms in total. The second kappa shape index (κ2) is 5.24. The van der Waals surface area contributed by atoms with Gasteiger partial charge in [-0.2, -0.15) is 0 Å². The number of hydrogen-bond donors (Lipinski definition) is 0. The molecule has 1 aromatic carbocycles. The molecule has 4 fully saturated rings. The van der Waals surface area contributed by atoms with Crippen molar-refractivity contribution in [2.75, 3.05) is 13.6 Å². The fraction of sp³-hybridized carbons (Fsp3) is 0.556. The molecule has 2 amide bonds. The maximum atomic E-state index is 13.5. The summed E-state index contributed by atoms with van der Waals surface area (Å²) < 4.78 is 41.8. The minimum atomic E-state index is -3.79. The van der Waals surface area contributed by atoms with Gasteiger partial charge in [-0.15, -0.1) is 8.78 Å². The normalized spacial score (nSPS) is 32.9. The SMILES string of the molecule is CN1CC2N(C(=O)c3cccc4c3OC(F)(F)O4)C3CCC2(CC3)OC1=O. The van der Waals surface area contributed by atoms with E-state index in [1.165, 1.54) is 23.1 Å². The molecule has 0 aromatic heterocycles. The summed E-state index contributed by atoms with van der Waals surface area (Å²) >= 11 is 0. The van der Waals surface area contributed by atoms with Crippen molar-refractivity contribution in [3.63, 3.8) is 0 Å². The summed E-state index contributed by atoms with van der Waals surface area (Å²) in [6.45, 7) is 0.351. The number of halogens is 2. The van der Waals surface area contributed by atoms with Crippen molar-refractivity contribution < 1.29 is 32.6 Å². The van der Waals surface area contributed by atoms with Gasteiger partial charge in [0, 0.05) is 19.6 Å². The van der Waals surface area contributed by atoms with Gasteiger partial charge in [-0.3, -0.25) is 4.79 Å². The highest BCUT2D eigenvalue weighted by atomic mass is 19.3. The second-order valence-electron chi connectivity index (χ2n) is 7.57. The molecular weight excluding hydrogens is 362 g/mol. The first-order valence-corrected chi connectivity index (χ1v) is 8.95. The van der Waals surface area contributed by atoms with E-state index in [0.29, 0.717) is 32.2 Å². The molecule has 1 spiro atoms. The number of ether oxygens (including phenoxy) is 3. The van der Waals surface area contributed by atoms with Crippen LogP contribution < -0.4 is 9.47 Å². The maximum absolute atomic E-state index is 13.5. The molecule has 144 valence electrons. The van der Waals surface area contributed by atoms with Gasteiger partial charge >= 0.3 is 12.4 Å². The van der Waals surface area contributed by atoms with Crippen LogP contribution in [-0.2, 0) is 4.74 Å². The Morgan fingerprint density at radius 3 is 2.67 bits per heavy atom. The van der Waals surface area contributed by atoms with Gasteiger partial charge in [0.1, 0.15) is 5.60 Å². The molecule has 6 rings (SSSR count). The van der Waals surface area contributed by atoms with E-state index in [2.05, 4.69) is 9.47 Å². The number of amides is 2. The van der Waals surface area contributed by atoms with Gasteiger partial charge in [0.15, 0.2) is 11.5 Å². The van der Waals surface area contributed by atoms with E-state index < -0.39 is 23.9 Å². The van der Waals surface area contributed by atoms with Crippen LogP contribution in [0.5, 0.6) is 11.5 Å². The van der Waals surface area contributed by atoms with E-state index in [4.69, 9.17) is 4.74 Å². The number of likely N-dealkylation sites (N-methyl/N-ethyl adjacent to an activating group) is 1. The predicted octanol–water partition coefficient (Wildman–Crippen LogP) is 2.60. The Balaban J connectivity index is 1.53. The molecule has 1 aliphatic carbocycles. The quantitative estimate of drug-likeness (QED) is 0.749. The van der Waals surface area contributed by atoms with Gasteiger partial charge in [0.05, 0.1) is 11.6 Å². The molecule has 1 saturated carbocycles. The van der Waals surface area contributed by atoms with E-state index in [-0.39, 0.29) is 29.1 Å². The second-order valence-corrected chi connectivity index (χ2v) is 7.57. The van der Waals surface area contributed by atoms with Gasteiger partial charge in [0.2, 0.25) is 0 Å². The smallest absolute Gasteiger partial charge is 0.441 e. The summed E-state index contributed by atoms with van der Waals surface area (Å²) in [7, 11) is 1.62. The first kappa shape index (κ1) is 16.6. The molecule has 4 heterocycles. The molecule has 1 atom stereocenters. The first-order valence-electron chi connectivity index (χ1n) is 8.95. The summed E-state index contributed by atoms with van der Waals surface area (Å²) in [5, 5.41) is 0. The fourth-order valence-corrected chi connectivity index (χ4v) is 4.80. The van der Waals surface area contributed by atoms with Crippen LogP contribution in [0.4, 0.5) is 13.6 Å². The highest BCUT2D eigenvalue weighted by molar-refractivity contribution is 5.98. The van der Waals surface area contributed by atoms with Crippen LogP contribution in [0.15, 0.2) is 18.2 Å². The standard InChI is InChI=1S/C18H18F2N2O5/c1-21-9-13-17(27-16(21)24)7-5-10(6-8-17)22(13)15(23)11-3-2-4-12-14(11)26-18(19,20)25-12/h2-4,10,13H,5-9H2,1H3. The van der Waals surface area contributed by atoms with Crippen LogP contribution in [0.3, 0.4) is 0 Å². The predicted molar refractivity (Wildman–Crippen MR) is 86.7 cm³/mol. The Morgan fingerprint density at radius 1 is 1.19 bits per heavy atom. The Hall–Kier alpha value is -2.58. The molecule has 3 saturated heterocycles. The van der Waals surface area contributed by atoms with Gasteiger partial charge in [-0.05, 0) is 37.8 Å². The highest BCUT2D eigenvalue weighted by Gasteiger charge is 2.59. The molecule has 1 aromatic rings. The molecule has 5 aliphatic rings. The number of alkyl halides is 2. The largest absolute Gasteiger partial charge is 0.586 e. The third-order valence-corrected chi connectivity index (χ3v) is 6.08. The molecule has 9 heteroatoms. The van der Waals surface area contributed by atoms with E-state index in [0.717, 1.165) is 0 Å². The molecule has 1 unspecified atom stereocenters. The molecular formula is C18H18F2N2O5. The average Bonchev–Trinajstić information content (AvgIpc) is 2.95. The Morgan fingerprint density at radius 2 is 1.93 bits per heavy atom. The highest BCUT2D eigenvalue weighted by Crippen LogP contribution is 2.49. The monoisotopic (exact) mass is 380 g/mol. The number of carbonyl (C=O) groups excluding carboxylic acids is 2. The van der Waals surface area contributed by atoms with Crippen molar-refractivity contribution >= 4 is 12.0 Å². The number of fused-ring (bicyclic) bond motifs is 3. The van der Waals surface area contributed by atoms with Crippen molar-refractivity contribution in [1.29, 1.82) is 0 Å². The van der Waals surface area contributed by atoms with Gasteiger partial charge in [0.25, 0.3) is 5.91 Å². The van der Waals surface area contributed by atoms with Crippen molar-refractivity contribution in [2.45, 2.75) is 49.7 Å². The van der Waals surface area contributed by atoms with E-state index in [1.54, 1.807) is 11.9 Å². The minimum absolute atomic E-state index is 0.0201. The van der Waals surface area contributed by atoms with E-state index in [1.807, 2.05) is 0 Å². The zero-order valence-electron chi connectivity index (χ0n) is 14.6. The van der Waals surface area contributed by atoms with Crippen LogP contribution in [0.25, 0.3) is 0 Å². The molecule has 2 bridgehead atoms. The number of nitrogens with zero attached hydrogens (tertiary/aromatic N) is 2. The van der Waals surface area contributed by atoms with E-state index >= 15 is 0 Å². The molecule has 0 N–H and O–H groups in total. The summed E-state index contributed by atoms with van der Waals surface area (Å²) in [4.78, 5) is 28.6. The lowest BCUT2D eigenvalue weighted by molar-refractivity contribution is -0.286. The number of rotatable bonds is 1. The summed E-state index contributed by atoms with van der Waals surface area (Å²) in [6.07, 6.45) is -1.35. The zero-order valence-corrected chi connectivity index (χ0v) is 14.6. The average molecular weight is 380 g/mol. The Bertz CT molecular complexity index is 837. The molecule has 4 aliphatic heterocycles. The van der Waals surface area contributed by atoms with Crippen LogP contribution in [0.2, 0.25) is 0 Å². The third-order valence-electron chi connectivity index (χ3n) is 6.08. The minimum Gasteiger partial charge on any atom is -0.441 e. The van der Waals surface area contributed by atoms with Crippen molar-refractivity contribution in [3.8, 4) is 11.5 Å². The summed E-state index contributed by atoms with van der Waals surface area (Å²) in [6, 6.07) is 3.95. The maximum Gasteiger partial charge on any atom is 0.586 e. The zero-order chi connectivity index (χ0) is 19.0. The van der Waals surface area contributed by atoms with Crippen molar-refractivity contribution in [2.24, 2.45) is 0 Å². The number of benzene rings is 1. The lowest BCUT2D eigenvalue weighted by Crippen LogP contribution is -2.73. The van der Waals surface area contributed by atoms with Gasteiger partial charge < -0.3 is 24.0 Å². The topological polar surface area (TPSA) is 68.3 Å². The Labute approximate surface area is 153 Å². The number of carbonyl (C=O) groups is 2. The number of hydrogen-bond acceptors (Lipinski definition) is 5. The molecule has 27 heavy (non-hydrogen) atoms. The van der Waals surface area contributed by atoms with Crippen LogP contribution >= 0.6 is 0 Å². The van der Waals surface area contributed by atoms with Crippen LogP contribution in [0, 0.1) is 0 Å². The van der Waals surface area contributed by atoms with E-state index in [9.17, 15) is 18.4 Å². The summed E-state index contributed by atoms with van der Waals surface area (Å²) in [5.41, 5.74) is -0.667. The van der Waals surface area contributed by atoms with Crippen LogP contribution in [-0.4, -0.2) is 59.4 Å². The summed E-state index contributed by atoms with van der Waals surface area (Å²) in [5.74, 6) is -0.808. The van der Waals surface area contributed by atoms with Gasteiger partial charge in [-0.25, -0.2) is 4.79 Å². The fourth-order valence-electron chi connectivity index (χ4n) is 4.80. The van der Waals surface area contributed by atoms with Crippen molar-refractivity contribution in [3.05, 3.63) is 23.8 Å². The third kappa shape index (κ3) is 2.30. The molecule has 0 radical (unpaired) electrons. The first-order chi connectivity index (χ1) is 12.8. The van der Waals surface area contributed by atoms with Crippen molar-refractivity contribution in [1.82, 2.24) is 9.80 Å². The lowest BCUT2D eigenvalue weighted by atomic mass is 9.69. The van der Waals surface area contributed by atoms with Crippen LogP contribution in [0.1, 0.15) is 36.0 Å². The van der Waals surface area contributed by atoms with Gasteiger partial charge in [-0.1, -0.05) is 6.07 Å². The number of piperidine rings is 2. The number of para-hydroxylation sites is 1.